The lowest BCUT2D eigenvalue weighted by Crippen LogP contribution is -2.25. The number of hydrogen-bond acceptors (Lipinski definition) is 4. The second-order valence-corrected chi connectivity index (χ2v) is 3.57. The highest BCUT2D eigenvalue weighted by Gasteiger charge is 2.09. The third-order valence-electron chi connectivity index (χ3n) is 2.44. The van der Waals surface area contributed by atoms with Crippen LogP contribution in [-0.4, -0.2) is 20.7 Å². The fraction of sp³-hybridized carbons (Fsp3) is 0.182. The summed E-state index contributed by atoms with van der Waals surface area (Å²) in [7, 11) is 1.82. The first-order valence-electron chi connectivity index (χ1n) is 5.14. The second kappa shape index (κ2) is 4.65. The number of rotatable bonds is 3. The Hall–Kier alpha value is -2.37. The van der Waals surface area contributed by atoms with E-state index in [9.17, 15) is 4.79 Å². The standard InChI is InChI=1S/C11H13N5O/c1-16-8(4-6-15-16)7-14-11(17)9-3-2-5-13-10(9)12/h2-6H,7H2,1H3,(H2,12,13)(H,14,17). The summed E-state index contributed by atoms with van der Waals surface area (Å²) in [6.45, 7) is 0.406. The highest BCUT2D eigenvalue weighted by atomic mass is 16.1. The largest absolute Gasteiger partial charge is 0.383 e. The Morgan fingerprint density at radius 3 is 2.94 bits per heavy atom. The minimum absolute atomic E-state index is 0.231. The van der Waals surface area contributed by atoms with Crippen LogP contribution in [0.2, 0.25) is 0 Å². The Bertz CT molecular complexity index is 534. The summed E-state index contributed by atoms with van der Waals surface area (Å²) in [5.74, 6) is -0.00759. The van der Waals surface area contributed by atoms with Crippen molar-refractivity contribution in [1.29, 1.82) is 0 Å². The molecule has 0 unspecified atom stereocenters. The molecule has 0 aliphatic rings. The van der Waals surface area contributed by atoms with Crippen LogP contribution in [0.1, 0.15) is 16.1 Å². The topological polar surface area (TPSA) is 85.8 Å². The van der Waals surface area contributed by atoms with Gasteiger partial charge in [0, 0.05) is 19.4 Å². The average Bonchev–Trinajstić information content (AvgIpc) is 2.72. The van der Waals surface area contributed by atoms with E-state index in [0.717, 1.165) is 5.69 Å². The predicted molar refractivity (Wildman–Crippen MR) is 63.0 cm³/mol. The third kappa shape index (κ3) is 2.41. The van der Waals surface area contributed by atoms with Gasteiger partial charge in [0.15, 0.2) is 0 Å². The lowest BCUT2D eigenvalue weighted by molar-refractivity contribution is 0.0950. The van der Waals surface area contributed by atoms with Crippen molar-refractivity contribution in [3.05, 3.63) is 41.9 Å². The van der Waals surface area contributed by atoms with Crippen LogP contribution in [0, 0.1) is 0 Å². The van der Waals surface area contributed by atoms with Crippen molar-refractivity contribution in [3.8, 4) is 0 Å². The maximum Gasteiger partial charge on any atom is 0.255 e. The van der Waals surface area contributed by atoms with Gasteiger partial charge in [-0.15, -0.1) is 0 Å². The summed E-state index contributed by atoms with van der Waals surface area (Å²) in [5, 5.41) is 6.78. The van der Waals surface area contributed by atoms with Crippen LogP contribution in [-0.2, 0) is 13.6 Å². The molecule has 6 heteroatoms. The van der Waals surface area contributed by atoms with Gasteiger partial charge in [0.2, 0.25) is 0 Å². The summed E-state index contributed by atoms with van der Waals surface area (Å²) in [6.07, 6.45) is 3.23. The Balaban J connectivity index is 2.04. The average molecular weight is 231 g/mol. The van der Waals surface area contributed by atoms with Crippen LogP contribution in [0.4, 0.5) is 5.82 Å². The van der Waals surface area contributed by atoms with Crippen LogP contribution in [0.25, 0.3) is 0 Å². The molecule has 0 saturated heterocycles. The van der Waals surface area contributed by atoms with Crippen LogP contribution >= 0.6 is 0 Å². The van der Waals surface area contributed by atoms with Gasteiger partial charge < -0.3 is 11.1 Å². The highest BCUT2D eigenvalue weighted by Crippen LogP contribution is 2.06. The first-order valence-corrected chi connectivity index (χ1v) is 5.14. The molecule has 2 aromatic rings. The fourth-order valence-electron chi connectivity index (χ4n) is 1.45. The SMILES string of the molecule is Cn1nccc1CNC(=O)c1cccnc1N. The first kappa shape index (κ1) is 11.1. The Morgan fingerprint density at radius 2 is 2.29 bits per heavy atom. The number of nitrogens with two attached hydrogens (primary N) is 1. The van der Waals surface area contributed by atoms with Crippen molar-refractivity contribution in [1.82, 2.24) is 20.1 Å². The highest BCUT2D eigenvalue weighted by molar-refractivity contribution is 5.98. The van der Waals surface area contributed by atoms with Crippen molar-refractivity contribution in [2.45, 2.75) is 6.54 Å². The molecular weight excluding hydrogens is 218 g/mol. The minimum atomic E-state index is -0.239. The van der Waals surface area contributed by atoms with Crippen molar-refractivity contribution in [2.75, 3.05) is 5.73 Å². The summed E-state index contributed by atoms with van der Waals surface area (Å²) < 4.78 is 1.70. The summed E-state index contributed by atoms with van der Waals surface area (Å²) in [4.78, 5) is 15.7. The Kier molecular flexibility index (Phi) is 3.04. The van der Waals surface area contributed by atoms with E-state index in [1.54, 1.807) is 29.2 Å². The van der Waals surface area contributed by atoms with Crippen molar-refractivity contribution >= 4 is 11.7 Å². The van der Waals surface area contributed by atoms with E-state index < -0.39 is 0 Å². The quantitative estimate of drug-likeness (QED) is 0.797. The number of aryl methyl sites for hydroxylation is 1. The number of hydrogen-bond donors (Lipinski definition) is 2. The maximum atomic E-state index is 11.8. The number of carbonyl (C=O) groups is 1. The molecule has 0 aromatic carbocycles. The molecule has 2 rings (SSSR count). The normalized spacial score (nSPS) is 10.2. The van der Waals surface area contributed by atoms with Crippen molar-refractivity contribution in [3.63, 3.8) is 0 Å². The maximum absolute atomic E-state index is 11.8. The van der Waals surface area contributed by atoms with E-state index >= 15 is 0 Å². The molecule has 0 fully saturated rings. The van der Waals surface area contributed by atoms with Crippen LogP contribution < -0.4 is 11.1 Å². The molecule has 1 amide bonds. The third-order valence-corrected chi connectivity index (χ3v) is 2.44. The van der Waals surface area contributed by atoms with Gasteiger partial charge in [-0.25, -0.2) is 4.98 Å². The Morgan fingerprint density at radius 1 is 1.47 bits per heavy atom. The zero-order chi connectivity index (χ0) is 12.3. The molecule has 0 aliphatic heterocycles. The van der Waals surface area contributed by atoms with Crippen LogP contribution in [0.3, 0.4) is 0 Å². The van der Waals surface area contributed by atoms with E-state index in [4.69, 9.17) is 5.73 Å². The number of amides is 1. The number of nitrogens with one attached hydrogen (secondary N) is 1. The molecule has 0 bridgehead atoms. The van der Waals surface area contributed by atoms with Gasteiger partial charge >= 0.3 is 0 Å². The van der Waals surface area contributed by atoms with Crippen molar-refractivity contribution in [2.24, 2.45) is 7.05 Å². The van der Waals surface area contributed by atoms with Gasteiger partial charge in [-0.3, -0.25) is 9.48 Å². The lowest BCUT2D eigenvalue weighted by atomic mass is 10.2. The number of pyridine rings is 1. The van der Waals surface area contributed by atoms with Gasteiger partial charge in [0.1, 0.15) is 5.82 Å². The monoisotopic (exact) mass is 231 g/mol. The number of nitrogens with zero attached hydrogens (tertiary/aromatic N) is 3. The number of anilines is 1. The minimum Gasteiger partial charge on any atom is -0.383 e. The summed E-state index contributed by atoms with van der Waals surface area (Å²) >= 11 is 0. The van der Waals surface area contributed by atoms with Gasteiger partial charge in [-0.05, 0) is 18.2 Å². The number of aromatic nitrogens is 3. The summed E-state index contributed by atoms with van der Waals surface area (Å²) in [6, 6.07) is 5.16. The molecule has 3 N–H and O–H groups in total. The molecule has 6 nitrogen and oxygen atoms in total. The smallest absolute Gasteiger partial charge is 0.255 e. The molecule has 2 heterocycles. The molecule has 0 saturated carbocycles. The second-order valence-electron chi connectivity index (χ2n) is 3.57. The van der Waals surface area contributed by atoms with E-state index in [0.29, 0.717) is 12.1 Å². The van der Waals surface area contributed by atoms with E-state index in [1.807, 2.05) is 13.1 Å². The zero-order valence-corrected chi connectivity index (χ0v) is 9.42. The van der Waals surface area contributed by atoms with Gasteiger partial charge in [-0.1, -0.05) is 0 Å². The van der Waals surface area contributed by atoms with E-state index in [1.165, 1.54) is 0 Å². The lowest BCUT2D eigenvalue weighted by Gasteiger charge is -2.06. The predicted octanol–water partition coefficient (Wildman–Crippen LogP) is 0.327. The zero-order valence-electron chi connectivity index (χ0n) is 9.42. The van der Waals surface area contributed by atoms with Crippen LogP contribution in [0.5, 0.6) is 0 Å². The van der Waals surface area contributed by atoms with Gasteiger partial charge in [0.05, 0.1) is 17.8 Å². The molecule has 0 radical (unpaired) electrons. The van der Waals surface area contributed by atoms with E-state index in [-0.39, 0.29) is 11.7 Å². The first-order chi connectivity index (χ1) is 8.18. The van der Waals surface area contributed by atoms with Gasteiger partial charge in [0.25, 0.3) is 5.91 Å². The molecule has 0 atom stereocenters. The molecule has 0 spiro atoms. The van der Waals surface area contributed by atoms with Crippen molar-refractivity contribution < 1.29 is 4.79 Å². The fourth-order valence-corrected chi connectivity index (χ4v) is 1.45. The molecule has 88 valence electrons. The number of carbonyl (C=O) groups excluding carboxylic acids is 1. The van der Waals surface area contributed by atoms with Crippen LogP contribution in [0.15, 0.2) is 30.6 Å². The Labute approximate surface area is 98.5 Å². The summed E-state index contributed by atoms with van der Waals surface area (Å²) in [5.41, 5.74) is 6.91. The van der Waals surface area contributed by atoms with E-state index in [2.05, 4.69) is 15.4 Å². The van der Waals surface area contributed by atoms with Gasteiger partial charge in [-0.2, -0.15) is 5.10 Å². The molecular formula is C11H13N5O. The molecule has 0 aliphatic carbocycles. The molecule has 2 aromatic heterocycles. The number of nitrogen functional groups attached to an aromatic ring is 1. The molecule has 17 heavy (non-hydrogen) atoms.